The van der Waals surface area contributed by atoms with Crippen LogP contribution in [0.2, 0.25) is 0 Å². The number of hydrogen-bond acceptors (Lipinski definition) is 2. The Kier molecular flexibility index (Phi) is 5.74. The van der Waals surface area contributed by atoms with Crippen LogP contribution < -0.4 is 0 Å². The summed E-state index contributed by atoms with van der Waals surface area (Å²) in [5, 5.41) is 8.49. The standard InChI is InChI=1S/C10H20N2/c1-9(2)6-8-12(4)10(3)5-7-11/h9-10H,5-6,8H2,1-4H3. The molecule has 0 spiro atoms. The van der Waals surface area contributed by atoms with Gasteiger partial charge in [-0.3, -0.25) is 0 Å². The lowest BCUT2D eigenvalue weighted by atomic mass is 10.1. The van der Waals surface area contributed by atoms with Crippen LogP contribution in [0.3, 0.4) is 0 Å². The van der Waals surface area contributed by atoms with Gasteiger partial charge in [0.1, 0.15) is 0 Å². The summed E-state index contributed by atoms with van der Waals surface area (Å²) in [6.45, 7) is 7.65. The van der Waals surface area contributed by atoms with Gasteiger partial charge in [0.15, 0.2) is 0 Å². The SMILES string of the molecule is CC(C)CCN(C)C(C)CC#N. The fourth-order valence-corrected chi connectivity index (χ4v) is 0.970. The van der Waals surface area contributed by atoms with E-state index in [0.29, 0.717) is 12.5 Å². The highest BCUT2D eigenvalue weighted by atomic mass is 15.1. The zero-order chi connectivity index (χ0) is 9.56. The lowest BCUT2D eigenvalue weighted by molar-refractivity contribution is 0.246. The zero-order valence-electron chi connectivity index (χ0n) is 8.67. The van der Waals surface area contributed by atoms with Crippen LogP contribution in [0.4, 0.5) is 0 Å². The molecule has 0 aromatic heterocycles. The smallest absolute Gasteiger partial charge is 0.0638 e. The van der Waals surface area contributed by atoms with Crippen LogP contribution in [0.5, 0.6) is 0 Å². The van der Waals surface area contributed by atoms with Crippen molar-refractivity contribution in [2.75, 3.05) is 13.6 Å². The van der Waals surface area contributed by atoms with Crippen LogP contribution in [-0.2, 0) is 0 Å². The Balaban J connectivity index is 3.57. The highest BCUT2D eigenvalue weighted by Gasteiger charge is 2.08. The van der Waals surface area contributed by atoms with Crippen molar-refractivity contribution in [1.82, 2.24) is 4.90 Å². The highest BCUT2D eigenvalue weighted by molar-refractivity contribution is 4.78. The van der Waals surface area contributed by atoms with Crippen molar-refractivity contribution in [3.8, 4) is 6.07 Å². The van der Waals surface area contributed by atoms with E-state index in [1.54, 1.807) is 0 Å². The molecule has 0 heterocycles. The molecule has 0 aliphatic heterocycles. The van der Waals surface area contributed by atoms with Crippen molar-refractivity contribution in [1.29, 1.82) is 5.26 Å². The Morgan fingerprint density at radius 2 is 1.92 bits per heavy atom. The van der Waals surface area contributed by atoms with Crippen LogP contribution in [0.1, 0.15) is 33.6 Å². The first-order valence-electron chi connectivity index (χ1n) is 4.65. The summed E-state index contributed by atoms with van der Waals surface area (Å²) < 4.78 is 0. The molecule has 0 aromatic carbocycles. The monoisotopic (exact) mass is 168 g/mol. The fourth-order valence-electron chi connectivity index (χ4n) is 0.970. The molecule has 0 saturated carbocycles. The molecular weight excluding hydrogens is 148 g/mol. The quantitative estimate of drug-likeness (QED) is 0.629. The molecular formula is C10H20N2. The summed E-state index contributed by atoms with van der Waals surface area (Å²) >= 11 is 0. The Morgan fingerprint density at radius 3 is 2.33 bits per heavy atom. The third-order valence-electron chi connectivity index (χ3n) is 2.20. The molecule has 0 N–H and O–H groups in total. The van der Waals surface area contributed by atoms with Gasteiger partial charge in [-0.25, -0.2) is 0 Å². The number of hydrogen-bond donors (Lipinski definition) is 0. The van der Waals surface area contributed by atoms with E-state index in [-0.39, 0.29) is 0 Å². The van der Waals surface area contributed by atoms with Gasteiger partial charge < -0.3 is 4.90 Å². The van der Waals surface area contributed by atoms with Crippen LogP contribution in [0, 0.1) is 17.2 Å². The molecule has 0 aliphatic rings. The van der Waals surface area contributed by atoms with E-state index in [0.717, 1.165) is 12.5 Å². The maximum atomic E-state index is 8.49. The summed E-state index contributed by atoms with van der Waals surface area (Å²) in [6.07, 6.45) is 1.85. The molecule has 0 rings (SSSR count). The largest absolute Gasteiger partial charge is 0.303 e. The summed E-state index contributed by atoms with van der Waals surface area (Å²) in [5.74, 6) is 0.752. The molecule has 0 aromatic rings. The first kappa shape index (κ1) is 11.4. The maximum Gasteiger partial charge on any atom is 0.0638 e. The molecule has 2 nitrogen and oxygen atoms in total. The molecule has 70 valence electrons. The third-order valence-corrected chi connectivity index (χ3v) is 2.20. The maximum absolute atomic E-state index is 8.49. The van der Waals surface area contributed by atoms with Crippen LogP contribution in [-0.4, -0.2) is 24.5 Å². The Hall–Kier alpha value is -0.550. The Morgan fingerprint density at radius 1 is 1.33 bits per heavy atom. The second-order valence-corrected chi connectivity index (χ2v) is 3.87. The predicted octanol–water partition coefficient (Wildman–Crippen LogP) is 2.27. The van der Waals surface area contributed by atoms with Gasteiger partial charge in [0.05, 0.1) is 12.5 Å². The number of rotatable bonds is 5. The fraction of sp³-hybridized carbons (Fsp3) is 0.900. The molecule has 0 saturated heterocycles. The Bertz CT molecular complexity index is 146. The van der Waals surface area contributed by atoms with Gasteiger partial charge in [-0.2, -0.15) is 5.26 Å². The molecule has 0 radical (unpaired) electrons. The number of nitrogens with zero attached hydrogens (tertiary/aromatic N) is 2. The molecule has 1 unspecified atom stereocenters. The van der Waals surface area contributed by atoms with Gasteiger partial charge in [-0.1, -0.05) is 13.8 Å². The first-order valence-corrected chi connectivity index (χ1v) is 4.65. The van der Waals surface area contributed by atoms with E-state index in [1.165, 1.54) is 6.42 Å². The normalized spacial score (nSPS) is 13.4. The average Bonchev–Trinajstić information content (AvgIpc) is 2.00. The van der Waals surface area contributed by atoms with Gasteiger partial charge in [-0.05, 0) is 32.9 Å². The van der Waals surface area contributed by atoms with Crippen LogP contribution >= 0.6 is 0 Å². The van der Waals surface area contributed by atoms with E-state index in [4.69, 9.17) is 5.26 Å². The van der Waals surface area contributed by atoms with Gasteiger partial charge in [-0.15, -0.1) is 0 Å². The Labute approximate surface area is 76.2 Å². The second-order valence-electron chi connectivity index (χ2n) is 3.87. The molecule has 0 aliphatic carbocycles. The first-order chi connectivity index (χ1) is 5.57. The van der Waals surface area contributed by atoms with Crippen LogP contribution in [0.25, 0.3) is 0 Å². The second kappa shape index (κ2) is 6.02. The van der Waals surface area contributed by atoms with E-state index >= 15 is 0 Å². The molecule has 12 heavy (non-hydrogen) atoms. The number of nitriles is 1. The average molecular weight is 168 g/mol. The minimum Gasteiger partial charge on any atom is -0.303 e. The van der Waals surface area contributed by atoms with Gasteiger partial charge in [0.2, 0.25) is 0 Å². The predicted molar refractivity (Wildman–Crippen MR) is 51.8 cm³/mol. The van der Waals surface area contributed by atoms with E-state index in [2.05, 4.69) is 38.8 Å². The van der Waals surface area contributed by atoms with E-state index in [9.17, 15) is 0 Å². The minimum absolute atomic E-state index is 0.397. The summed E-state index contributed by atoms with van der Waals surface area (Å²) in [6, 6.07) is 2.59. The lowest BCUT2D eigenvalue weighted by Crippen LogP contribution is -2.30. The van der Waals surface area contributed by atoms with E-state index in [1.807, 2.05) is 0 Å². The summed E-state index contributed by atoms with van der Waals surface area (Å²) in [7, 11) is 2.09. The van der Waals surface area contributed by atoms with Crippen molar-refractivity contribution in [3.05, 3.63) is 0 Å². The van der Waals surface area contributed by atoms with Crippen molar-refractivity contribution >= 4 is 0 Å². The molecule has 0 bridgehead atoms. The van der Waals surface area contributed by atoms with Crippen molar-refractivity contribution < 1.29 is 0 Å². The summed E-state index contributed by atoms with van der Waals surface area (Å²) in [4.78, 5) is 2.25. The summed E-state index contributed by atoms with van der Waals surface area (Å²) in [5.41, 5.74) is 0. The highest BCUT2D eigenvalue weighted by Crippen LogP contribution is 2.05. The van der Waals surface area contributed by atoms with Crippen molar-refractivity contribution in [2.24, 2.45) is 5.92 Å². The van der Waals surface area contributed by atoms with Crippen molar-refractivity contribution in [3.63, 3.8) is 0 Å². The molecule has 0 fully saturated rings. The zero-order valence-corrected chi connectivity index (χ0v) is 8.67. The molecule has 2 heteroatoms. The molecule has 0 amide bonds. The van der Waals surface area contributed by atoms with Gasteiger partial charge in [0.25, 0.3) is 0 Å². The lowest BCUT2D eigenvalue weighted by Gasteiger charge is -2.23. The van der Waals surface area contributed by atoms with E-state index < -0.39 is 0 Å². The molecule has 1 atom stereocenters. The van der Waals surface area contributed by atoms with Gasteiger partial charge in [0, 0.05) is 6.04 Å². The van der Waals surface area contributed by atoms with Crippen LogP contribution in [0.15, 0.2) is 0 Å². The van der Waals surface area contributed by atoms with Crippen molar-refractivity contribution in [2.45, 2.75) is 39.7 Å². The third kappa shape index (κ3) is 5.15. The minimum atomic E-state index is 0.397. The van der Waals surface area contributed by atoms with Gasteiger partial charge >= 0.3 is 0 Å². The topological polar surface area (TPSA) is 27.0 Å².